The van der Waals surface area contributed by atoms with Crippen LogP contribution in [-0.4, -0.2) is 54.9 Å². The molecular formula is C38H67NO5SSi. The van der Waals surface area contributed by atoms with Gasteiger partial charge in [-0.1, -0.05) is 66.5 Å². The fourth-order valence-corrected chi connectivity index (χ4v) is 7.99. The Kier molecular flexibility index (Phi) is 15.1. The van der Waals surface area contributed by atoms with Gasteiger partial charge in [0.05, 0.1) is 41.0 Å². The molecule has 264 valence electrons. The third-order valence-corrected chi connectivity index (χ3v) is 15.6. The molecule has 1 aliphatic rings. The number of aromatic nitrogens is 1. The predicted octanol–water partition coefficient (Wildman–Crippen LogP) is 10.3. The molecule has 1 aliphatic heterocycles. The molecule has 5 atom stereocenters. The summed E-state index contributed by atoms with van der Waals surface area (Å²) in [5.41, 5.74) is 2.85. The van der Waals surface area contributed by atoms with Gasteiger partial charge in [-0.2, -0.15) is 0 Å². The third kappa shape index (κ3) is 11.8. The van der Waals surface area contributed by atoms with Crippen molar-refractivity contribution in [2.24, 2.45) is 17.3 Å². The lowest BCUT2D eigenvalue weighted by Crippen LogP contribution is -2.52. The van der Waals surface area contributed by atoms with Gasteiger partial charge in [0, 0.05) is 11.3 Å². The monoisotopic (exact) mass is 677 g/mol. The smallest absolute Gasteiger partial charge is 0.192 e. The van der Waals surface area contributed by atoms with Crippen LogP contribution >= 0.6 is 11.3 Å². The molecule has 1 fully saturated rings. The van der Waals surface area contributed by atoms with Crippen LogP contribution in [0.4, 0.5) is 0 Å². The molecule has 2 rings (SSSR count). The summed E-state index contributed by atoms with van der Waals surface area (Å²) in [6.45, 7) is 30.4. The van der Waals surface area contributed by atoms with E-state index in [9.17, 15) is 9.90 Å². The number of aryl methyl sites for hydroxylation is 1. The average molecular weight is 678 g/mol. The highest BCUT2D eigenvalue weighted by Gasteiger charge is 2.47. The molecule has 46 heavy (non-hydrogen) atoms. The summed E-state index contributed by atoms with van der Waals surface area (Å²) in [7, 11) is -1.98. The molecule has 0 aromatic carbocycles. The fraction of sp³-hybridized carbons (Fsp3) is 0.789. The van der Waals surface area contributed by atoms with E-state index in [2.05, 4.69) is 84.1 Å². The zero-order chi connectivity index (χ0) is 35.1. The number of hydrogen-bond acceptors (Lipinski definition) is 7. The van der Waals surface area contributed by atoms with E-state index in [4.69, 9.17) is 13.9 Å². The van der Waals surface area contributed by atoms with Gasteiger partial charge >= 0.3 is 0 Å². The van der Waals surface area contributed by atoms with Crippen LogP contribution in [0.3, 0.4) is 0 Å². The van der Waals surface area contributed by atoms with Crippen molar-refractivity contribution in [3.63, 3.8) is 0 Å². The Morgan fingerprint density at radius 1 is 1.22 bits per heavy atom. The Bertz CT molecular complexity index is 1180. The van der Waals surface area contributed by atoms with Gasteiger partial charge in [0.1, 0.15) is 5.78 Å². The normalized spacial score (nSPS) is 21.2. The van der Waals surface area contributed by atoms with Gasteiger partial charge in [0.15, 0.2) is 14.1 Å². The quantitative estimate of drug-likeness (QED) is 0.131. The molecule has 1 aromatic heterocycles. The molecule has 1 aromatic rings. The summed E-state index contributed by atoms with van der Waals surface area (Å²) < 4.78 is 18.9. The molecule has 1 saturated heterocycles. The number of Topliss-reactive ketones (excluding diaryl/α,β-unsaturated/α-hetero) is 1. The number of carbonyl (C=O) groups excluding carboxylic acids is 1. The zero-order valence-corrected chi connectivity index (χ0v) is 33.5. The van der Waals surface area contributed by atoms with Crippen molar-refractivity contribution in [1.29, 1.82) is 0 Å². The predicted molar refractivity (Wildman–Crippen MR) is 197 cm³/mol. The Labute approximate surface area is 286 Å². The largest absolute Gasteiger partial charge is 0.410 e. The standard InChI is InChI=1S/C38H67NO5SSi/c1-15-17-31(35(41)37(9,10)33-22-23-42-38(11,12)43-33)34(40)27(3)19-16-18-26(2)20-21-32(44-46(13,14)36(6,7)8)28(4)24-30-25-45-29(5)39-30/h20,24-25,27,31-34,40H,15-19,21-23H2,1-14H3/b26-20-,28-24+/t27?,31-,32+,33?,34+/m1/s1. The van der Waals surface area contributed by atoms with Crippen molar-refractivity contribution in [2.75, 3.05) is 6.61 Å². The van der Waals surface area contributed by atoms with E-state index in [1.165, 1.54) is 11.1 Å². The first kappa shape index (κ1) is 41.0. The number of thiazole rings is 1. The Hall–Kier alpha value is -1.16. The summed E-state index contributed by atoms with van der Waals surface area (Å²) in [6.07, 6.45) is 9.46. The molecule has 0 bridgehead atoms. The molecule has 0 aliphatic carbocycles. The number of aliphatic hydroxyl groups is 1. The van der Waals surface area contributed by atoms with Crippen LogP contribution in [0.15, 0.2) is 22.6 Å². The van der Waals surface area contributed by atoms with Crippen LogP contribution in [0.1, 0.15) is 132 Å². The van der Waals surface area contributed by atoms with Crippen molar-refractivity contribution in [3.05, 3.63) is 33.3 Å². The van der Waals surface area contributed by atoms with Crippen LogP contribution in [-0.2, 0) is 18.7 Å². The van der Waals surface area contributed by atoms with Gasteiger partial charge in [0.25, 0.3) is 0 Å². The van der Waals surface area contributed by atoms with E-state index in [1.54, 1.807) is 11.3 Å². The van der Waals surface area contributed by atoms with E-state index in [1.807, 2.05) is 34.6 Å². The molecular weight excluding hydrogens is 611 g/mol. The van der Waals surface area contributed by atoms with Crippen LogP contribution in [0, 0.1) is 24.2 Å². The molecule has 2 unspecified atom stereocenters. The first-order chi connectivity index (χ1) is 21.1. The van der Waals surface area contributed by atoms with Crippen molar-refractivity contribution in [2.45, 2.75) is 170 Å². The maximum Gasteiger partial charge on any atom is 0.192 e. The summed E-state index contributed by atoms with van der Waals surface area (Å²) in [5, 5.41) is 14.8. The van der Waals surface area contributed by atoms with Crippen molar-refractivity contribution in [3.8, 4) is 0 Å². The van der Waals surface area contributed by atoms with Crippen molar-refractivity contribution < 1.29 is 23.8 Å². The van der Waals surface area contributed by atoms with Crippen LogP contribution in [0.5, 0.6) is 0 Å². The molecule has 0 radical (unpaired) electrons. The minimum atomic E-state index is -1.98. The summed E-state index contributed by atoms with van der Waals surface area (Å²) in [4.78, 5) is 18.6. The SMILES string of the molecule is CCC[C@@H](C(=O)C(C)(C)C1CCOC(C)(C)O1)[C@@H](O)C(C)CCC/C(C)=C\C[C@H](O[Si](C)(C)C(C)(C)C)/C(C)=C/c1csc(C)n1. The molecule has 8 heteroatoms. The second kappa shape index (κ2) is 17.0. The van der Waals surface area contributed by atoms with Crippen LogP contribution in [0.2, 0.25) is 18.1 Å². The van der Waals surface area contributed by atoms with Gasteiger partial charge in [0.2, 0.25) is 0 Å². The van der Waals surface area contributed by atoms with E-state index in [0.717, 1.165) is 42.8 Å². The highest BCUT2D eigenvalue weighted by atomic mass is 32.1. The van der Waals surface area contributed by atoms with Crippen molar-refractivity contribution in [1.82, 2.24) is 4.98 Å². The summed E-state index contributed by atoms with van der Waals surface area (Å²) >= 11 is 1.67. The fourth-order valence-electron chi connectivity index (χ4n) is 6.07. The van der Waals surface area contributed by atoms with E-state index < -0.39 is 31.5 Å². The number of ether oxygens (including phenoxy) is 2. The molecule has 0 amide bonds. The number of hydrogen-bond donors (Lipinski definition) is 1. The molecule has 0 spiro atoms. The number of nitrogens with zero attached hydrogens (tertiary/aromatic N) is 1. The van der Waals surface area contributed by atoms with Gasteiger partial charge < -0.3 is 19.0 Å². The molecule has 0 saturated carbocycles. The number of carbonyl (C=O) groups is 1. The summed E-state index contributed by atoms with van der Waals surface area (Å²) in [5.74, 6) is -0.968. The topological polar surface area (TPSA) is 77.9 Å². The molecule has 1 N–H and O–H groups in total. The first-order valence-electron chi connectivity index (χ1n) is 17.6. The average Bonchev–Trinajstić information content (AvgIpc) is 3.35. The van der Waals surface area contributed by atoms with Gasteiger partial charge in [-0.15, -0.1) is 11.3 Å². The minimum Gasteiger partial charge on any atom is -0.410 e. The maximum absolute atomic E-state index is 14.0. The van der Waals surface area contributed by atoms with E-state index >= 15 is 0 Å². The van der Waals surface area contributed by atoms with Crippen LogP contribution in [0.25, 0.3) is 6.08 Å². The van der Waals surface area contributed by atoms with Gasteiger partial charge in [-0.05, 0) is 109 Å². The highest BCUT2D eigenvalue weighted by molar-refractivity contribution is 7.09. The number of rotatable bonds is 17. The minimum absolute atomic E-state index is 0.00745. The zero-order valence-electron chi connectivity index (χ0n) is 31.7. The number of ketones is 1. The van der Waals surface area contributed by atoms with E-state index in [-0.39, 0.29) is 28.9 Å². The van der Waals surface area contributed by atoms with E-state index in [0.29, 0.717) is 19.4 Å². The molecule has 6 nitrogen and oxygen atoms in total. The van der Waals surface area contributed by atoms with Crippen molar-refractivity contribution >= 4 is 31.5 Å². The Morgan fingerprint density at radius 3 is 2.41 bits per heavy atom. The van der Waals surface area contributed by atoms with Gasteiger partial charge in [-0.3, -0.25) is 4.79 Å². The van der Waals surface area contributed by atoms with Crippen LogP contribution < -0.4 is 0 Å². The lowest BCUT2D eigenvalue weighted by Gasteiger charge is -2.44. The third-order valence-electron chi connectivity index (χ3n) is 10.3. The highest BCUT2D eigenvalue weighted by Crippen LogP contribution is 2.40. The first-order valence-corrected chi connectivity index (χ1v) is 21.4. The lowest BCUT2D eigenvalue weighted by atomic mass is 9.71. The lowest BCUT2D eigenvalue weighted by molar-refractivity contribution is -0.289. The second-order valence-electron chi connectivity index (χ2n) is 16.3. The molecule has 2 heterocycles. The Balaban J connectivity index is 2.06. The maximum atomic E-state index is 14.0. The number of allylic oxidation sites excluding steroid dienone is 1. The second-order valence-corrected chi connectivity index (χ2v) is 22.1. The summed E-state index contributed by atoms with van der Waals surface area (Å²) in [6, 6.07) is 0. The Morgan fingerprint density at radius 2 is 1.87 bits per heavy atom. The van der Waals surface area contributed by atoms with Gasteiger partial charge in [-0.25, -0.2) is 4.98 Å². The number of aliphatic hydroxyl groups excluding tert-OH is 1.